The van der Waals surface area contributed by atoms with E-state index in [0.29, 0.717) is 5.56 Å². The lowest BCUT2D eigenvalue weighted by molar-refractivity contribution is -0.137. The molecule has 3 nitrogen and oxygen atoms in total. The number of hydrogen-bond donors (Lipinski definition) is 1. The fourth-order valence-electron chi connectivity index (χ4n) is 1.73. The van der Waals surface area contributed by atoms with E-state index in [1.54, 1.807) is 0 Å². The van der Waals surface area contributed by atoms with Gasteiger partial charge in [0.2, 0.25) is 5.91 Å². The highest BCUT2D eigenvalue weighted by Crippen LogP contribution is 2.30. The van der Waals surface area contributed by atoms with Crippen LogP contribution in [0.3, 0.4) is 0 Å². The number of rotatable bonds is 2. The van der Waals surface area contributed by atoms with Crippen LogP contribution in [0.5, 0.6) is 0 Å². The van der Waals surface area contributed by atoms with Crippen LogP contribution in [0.1, 0.15) is 17.5 Å². The Morgan fingerprint density at radius 1 is 1.33 bits per heavy atom. The van der Waals surface area contributed by atoms with Gasteiger partial charge in [0.15, 0.2) is 0 Å². The number of benzene rings is 1. The molecule has 0 fully saturated rings. The van der Waals surface area contributed by atoms with Gasteiger partial charge in [-0.2, -0.15) is 13.2 Å². The summed E-state index contributed by atoms with van der Waals surface area (Å²) in [5, 5.41) is 9.15. The third-order valence-corrected chi connectivity index (χ3v) is 2.56. The molecule has 0 bridgehead atoms. The maximum atomic E-state index is 12.5. The van der Waals surface area contributed by atoms with Crippen molar-refractivity contribution in [2.45, 2.75) is 19.1 Å². The smallest absolute Gasteiger partial charge is 0.416 e. The van der Waals surface area contributed by atoms with Crippen LogP contribution in [0, 0.1) is 0 Å². The number of aliphatic hydroxyl groups excluding tert-OH is 1. The van der Waals surface area contributed by atoms with Crippen molar-refractivity contribution >= 4 is 5.91 Å². The van der Waals surface area contributed by atoms with Gasteiger partial charge in [-0.25, -0.2) is 0 Å². The molecule has 1 aliphatic rings. The van der Waals surface area contributed by atoms with E-state index in [1.165, 1.54) is 23.2 Å². The molecule has 96 valence electrons. The maximum Gasteiger partial charge on any atom is 0.416 e. The van der Waals surface area contributed by atoms with Crippen LogP contribution >= 0.6 is 0 Å². The van der Waals surface area contributed by atoms with Gasteiger partial charge in [0.25, 0.3) is 0 Å². The van der Waals surface area contributed by atoms with Crippen molar-refractivity contribution in [2.75, 3.05) is 0 Å². The molecule has 2 rings (SSSR count). The first-order valence-electron chi connectivity index (χ1n) is 5.21. The molecule has 1 N–H and O–H groups in total. The molecule has 18 heavy (non-hydrogen) atoms. The van der Waals surface area contributed by atoms with Gasteiger partial charge in [-0.15, -0.1) is 0 Å². The summed E-state index contributed by atoms with van der Waals surface area (Å²) in [6, 6.07) is 4.77. The lowest BCUT2D eigenvalue weighted by Crippen LogP contribution is -2.20. The van der Waals surface area contributed by atoms with Crippen molar-refractivity contribution in [2.24, 2.45) is 0 Å². The summed E-state index contributed by atoms with van der Waals surface area (Å²) in [6.07, 6.45) is -3.26. The monoisotopic (exact) mass is 257 g/mol. The second-order valence-corrected chi connectivity index (χ2v) is 4.02. The van der Waals surface area contributed by atoms with E-state index in [0.717, 1.165) is 12.1 Å². The van der Waals surface area contributed by atoms with Gasteiger partial charge in [-0.3, -0.25) is 4.79 Å². The second kappa shape index (κ2) is 4.36. The van der Waals surface area contributed by atoms with Crippen molar-refractivity contribution < 1.29 is 23.1 Å². The topological polar surface area (TPSA) is 40.5 Å². The zero-order chi connectivity index (χ0) is 13.3. The number of carbonyl (C=O) groups is 1. The van der Waals surface area contributed by atoms with Crippen molar-refractivity contribution in [1.82, 2.24) is 4.90 Å². The Kier molecular flexibility index (Phi) is 3.02. The molecule has 0 spiro atoms. The number of nitrogens with zero attached hydrogens (tertiary/aromatic N) is 1. The van der Waals surface area contributed by atoms with Gasteiger partial charge >= 0.3 is 6.18 Å². The van der Waals surface area contributed by atoms with Crippen LogP contribution in [0.15, 0.2) is 36.2 Å². The number of hydrogen-bond acceptors (Lipinski definition) is 2. The van der Waals surface area contributed by atoms with Crippen molar-refractivity contribution in [1.29, 1.82) is 0 Å². The predicted octanol–water partition coefficient (Wildman–Crippen LogP) is 2.84. The Labute approximate surface area is 101 Å². The van der Waals surface area contributed by atoms with Crippen LogP contribution in [0.25, 0.3) is 0 Å². The molecule has 0 radical (unpaired) electrons. The van der Waals surface area contributed by atoms with Crippen LogP contribution in [0.4, 0.5) is 13.2 Å². The highest BCUT2D eigenvalue weighted by atomic mass is 19.4. The van der Waals surface area contributed by atoms with E-state index in [4.69, 9.17) is 5.11 Å². The fraction of sp³-hybridized carbons (Fsp3) is 0.250. The molecule has 1 aromatic carbocycles. The number of alkyl halides is 3. The molecule has 0 atom stereocenters. The Hall–Kier alpha value is -1.98. The zero-order valence-electron chi connectivity index (χ0n) is 9.24. The zero-order valence-corrected chi connectivity index (χ0v) is 9.24. The SMILES string of the molecule is O=C1CC(O)=CN1Cc1cccc(C(F)(F)F)c1. The molecule has 6 heteroatoms. The van der Waals surface area contributed by atoms with Crippen LogP contribution in [-0.4, -0.2) is 15.9 Å². The molecule has 0 unspecified atom stereocenters. The molecule has 0 aliphatic carbocycles. The first-order chi connectivity index (χ1) is 8.36. The van der Waals surface area contributed by atoms with E-state index in [-0.39, 0.29) is 24.6 Å². The highest BCUT2D eigenvalue weighted by Gasteiger charge is 2.30. The molecular formula is C12H10F3NO2. The van der Waals surface area contributed by atoms with Crippen molar-refractivity contribution in [3.8, 4) is 0 Å². The molecule has 0 aromatic heterocycles. The number of halogens is 3. The molecule has 0 saturated heterocycles. The molecular weight excluding hydrogens is 247 g/mol. The summed E-state index contributed by atoms with van der Waals surface area (Å²) in [4.78, 5) is 12.6. The van der Waals surface area contributed by atoms with Gasteiger partial charge in [-0.05, 0) is 17.7 Å². The number of amides is 1. The lowest BCUT2D eigenvalue weighted by atomic mass is 10.1. The standard InChI is InChI=1S/C12H10F3NO2/c13-12(14,15)9-3-1-2-8(4-9)6-16-7-10(17)5-11(16)18/h1-4,7,17H,5-6H2. The normalized spacial score (nSPS) is 16.1. The van der Waals surface area contributed by atoms with Gasteiger partial charge in [0.05, 0.1) is 18.5 Å². The Balaban J connectivity index is 2.18. The van der Waals surface area contributed by atoms with Gasteiger partial charge in [-0.1, -0.05) is 12.1 Å². The minimum Gasteiger partial charge on any atom is -0.510 e. The van der Waals surface area contributed by atoms with Gasteiger partial charge < -0.3 is 10.0 Å². The van der Waals surface area contributed by atoms with Crippen molar-refractivity contribution in [3.05, 3.63) is 47.4 Å². The van der Waals surface area contributed by atoms with Crippen molar-refractivity contribution in [3.63, 3.8) is 0 Å². The van der Waals surface area contributed by atoms with Crippen LogP contribution < -0.4 is 0 Å². The minimum atomic E-state index is -4.40. The van der Waals surface area contributed by atoms with Gasteiger partial charge in [0, 0.05) is 6.20 Å². The summed E-state index contributed by atoms with van der Waals surface area (Å²) < 4.78 is 37.5. The summed E-state index contributed by atoms with van der Waals surface area (Å²) in [5.41, 5.74) is -0.385. The van der Waals surface area contributed by atoms with E-state index in [2.05, 4.69) is 0 Å². The first kappa shape index (κ1) is 12.5. The summed E-state index contributed by atoms with van der Waals surface area (Å²) >= 11 is 0. The molecule has 1 heterocycles. The third kappa shape index (κ3) is 2.64. The van der Waals surface area contributed by atoms with Crippen LogP contribution in [0.2, 0.25) is 0 Å². The van der Waals surface area contributed by atoms with E-state index in [1.807, 2.05) is 0 Å². The number of carbonyl (C=O) groups excluding carboxylic acids is 1. The Bertz CT molecular complexity index is 508. The summed E-state index contributed by atoms with van der Waals surface area (Å²) in [7, 11) is 0. The minimum absolute atomic E-state index is 0.0206. The second-order valence-electron chi connectivity index (χ2n) is 4.02. The lowest BCUT2D eigenvalue weighted by Gasteiger charge is -2.14. The molecule has 0 saturated carbocycles. The van der Waals surface area contributed by atoms with E-state index >= 15 is 0 Å². The average molecular weight is 257 g/mol. The number of aliphatic hydroxyl groups is 1. The third-order valence-electron chi connectivity index (χ3n) is 2.56. The average Bonchev–Trinajstić information content (AvgIpc) is 2.56. The predicted molar refractivity (Wildman–Crippen MR) is 57.3 cm³/mol. The first-order valence-corrected chi connectivity index (χ1v) is 5.21. The molecule has 1 amide bonds. The van der Waals surface area contributed by atoms with E-state index < -0.39 is 11.7 Å². The Morgan fingerprint density at radius 2 is 2.06 bits per heavy atom. The summed E-state index contributed by atoms with van der Waals surface area (Å²) in [6.45, 7) is 0.0206. The quantitative estimate of drug-likeness (QED) is 0.885. The fourth-order valence-corrected chi connectivity index (χ4v) is 1.73. The summed E-state index contributed by atoms with van der Waals surface area (Å²) in [5.74, 6) is -0.406. The Morgan fingerprint density at radius 3 is 2.61 bits per heavy atom. The molecule has 1 aliphatic heterocycles. The van der Waals surface area contributed by atoms with E-state index in [9.17, 15) is 18.0 Å². The molecule has 1 aromatic rings. The maximum absolute atomic E-state index is 12.5. The largest absolute Gasteiger partial charge is 0.510 e. The van der Waals surface area contributed by atoms with Gasteiger partial charge in [0.1, 0.15) is 5.76 Å². The van der Waals surface area contributed by atoms with Crippen LogP contribution in [-0.2, 0) is 17.5 Å². The highest BCUT2D eigenvalue weighted by molar-refractivity contribution is 5.82.